The Kier molecular flexibility index (Phi) is 5.87. The molecule has 4 rings (SSSR count). The number of hydrogen-bond donors (Lipinski definition) is 0. The summed E-state index contributed by atoms with van der Waals surface area (Å²) >= 11 is 0. The van der Waals surface area contributed by atoms with Crippen molar-refractivity contribution >= 4 is 22.4 Å². The van der Waals surface area contributed by atoms with E-state index >= 15 is 0 Å². The van der Waals surface area contributed by atoms with Crippen molar-refractivity contribution in [3.63, 3.8) is 0 Å². The molecule has 2 heterocycles. The van der Waals surface area contributed by atoms with Crippen LogP contribution in [0.3, 0.4) is 0 Å². The van der Waals surface area contributed by atoms with E-state index < -0.39 is 17.2 Å². The number of nitriles is 1. The Balaban J connectivity index is 1.84. The number of aromatic nitrogens is 1. The molecule has 0 radical (unpaired) electrons. The molecule has 5 nitrogen and oxygen atoms in total. The van der Waals surface area contributed by atoms with E-state index in [-0.39, 0.29) is 23.8 Å². The molecule has 0 saturated carbocycles. The van der Waals surface area contributed by atoms with Gasteiger partial charge in [-0.1, -0.05) is 18.7 Å². The summed E-state index contributed by atoms with van der Waals surface area (Å²) in [6, 6.07) is 11.9. The third kappa shape index (κ3) is 3.92. The lowest BCUT2D eigenvalue weighted by molar-refractivity contribution is -0.118. The number of halogens is 2. The second-order valence-corrected chi connectivity index (χ2v) is 7.88. The molecule has 1 fully saturated rings. The molecule has 3 aromatic rings. The molecular formula is C25H21F2N3O2. The van der Waals surface area contributed by atoms with Crippen molar-refractivity contribution in [1.82, 2.24) is 4.57 Å². The average Bonchev–Trinajstić information content (AvgIpc) is 2.81. The van der Waals surface area contributed by atoms with E-state index in [2.05, 4.69) is 6.58 Å². The monoisotopic (exact) mass is 433 g/mol. The van der Waals surface area contributed by atoms with Gasteiger partial charge in [0, 0.05) is 24.4 Å². The molecule has 0 spiro atoms. The van der Waals surface area contributed by atoms with Crippen LogP contribution in [0.4, 0.5) is 14.5 Å². The van der Waals surface area contributed by atoms with Crippen LogP contribution in [0.5, 0.6) is 0 Å². The van der Waals surface area contributed by atoms with Gasteiger partial charge in [0.2, 0.25) is 0 Å². The van der Waals surface area contributed by atoms with Crippen LogP contribution in [-0.2, 0) is 11.3 Å². The van der Waals surface area contributed by atoms with E-state index in [1.54, 1.807) is 18.2 Å². The van der Waals surface area contributed by atoms with E-state index in [4.69, 9.17) is 0 Å². The molecule has 0 atom stereocenters. The summed E-state index contributed by atoms with van der Waals surface area (Å²) in [6.07, 6.45) is 2.49. The maximum Gasteiger partial charge on any atom is 0.271 e. The zero-order valence-corrected chi connectivity index (χ0v) is 17.4. The fourth-order valence-electron chi connectivity index (χ4n) is 4.32. The van der Waals surface area contributed by atoms with Crippen LogP contribution in [0.1, 0.15) is 24.0 Å². The van der Waals surface area contributed by atoms with Gasteiger partial charge in [-0.25, -0.2) is 8.78 Å². The Labute approximate surface area is 183 Å². The molecule has 1 aromatic heterocycles. The predicted molar refractivity (Wildman–Crippen MR) is 119 cm³/mol. The van der Waals surface area contributed by atoms with Crippen LogP contribution in [0.25, 0.3) is 10.9 Å². The number of nitrogens with zero attached hydrogens (tertiary/aromatic N) is 3. The maximum absolute atomic E-state index is 14.2. The minimum Gasteiger partial charge on any atom is -0.370 e. The van der Waals surface area contributed by atoms with Crippen molar-refractivity contribution in [2.45, 2.75) is 19.4 Å². The van der Waals surface area contributed by atoms with Crippen molar-refractivity contribution < 1.29 is 13.6 Å². The van der Waals surface area contributed by atoms with E-state index in [0.717, 1.165) is 0 Å². The first-order chi connectivity index (χ1) is 15.4. The number of ketones is 1. The highest BCUT2D eigenvalue weighted by molar-refractivity contribution is 5.95. The van der Waals surface area contributed by atoms with E-state index in [1.807, 2.05) is 11.0 Å². The molecule has 0 N–H and O–H groups in total. The lowest BCUT2D eigenvalue weighted by atomic mass is 9.91. The first kappa shape index (κ1) is 21.4. The van der Waals surface area contributed by atoms with Crippen LogP contribution in [0.2, 0.25) is 0 Å². The molecule has 0 aliphatic carbocycles. The zero-order valence-electron chi connectivity index (χ0n) is 17.4. The normalized spacial score (nSPS) is 14.3. The highest BCUT2D eigenvalue weighted by atomic mass is 19.1. The summed E-state index contributed by atoms with van der Waals surface area (Å²) in [7, 11) is 0. The van der Waals surface area contributed by atoms with Crippen LogP contribution in [0.15, 0.2) is 59.9 Å². The summed E-state index contributed by atoms with van der Waals surface area (Å²) in [5.41, 5.74) is 0.915. The Hall–Kier alpha value is -3.79. The Morgan fingerprint density at radius 3 is 2.41 bits per heavy atom. The number of allylic oxidation sites excluding steroid dienone is 1. The number of anilines is 1. The fourth-order valence-corrected chi connectivity index (χ4v) is 4.32. The lowest BCUT2D eigenvalue weighted by Gasteiger charge is -2.34. The van der Waals surface area contributed by atoms with E-state index in [0.29, 0.717) is 48.1 Å². The van der Waals surface area contributed by atoms with Crippen molar-refractivity contribution in [2.24, 2.45) is 5.92 Å². The second kappa shape index (κ2) is 8.75. The number of benzene rings is 2. The number of rotatable bonds is 5. The molecule has 162 valence electrons. The molecule has 1 aliphatic rings. The quantitative estimate of drug-likeness (QED) is 0.567. The minimum absolute atomic E-state index is 0.00759. The first-order valence-electron chi connectivity index (χ1n) is 10.3. The smallest absolute Gasteiger partial charge is 0.271 e. The molecule has 7 heteroatoms. The highest BCUT2D eigenvalue weighted by Crippen LogP contribution is 2.33. The van der Waals surface area contributed by atoms with E-state index in [9.17, 15) is 23.6 Å². The minimum atomic E-state index is -0.533. The molecule has 1 saturated heterocycles. The molecule has 1 aliphatic heterocycles. The lowest BCUT2D eigenvalue weighted by Crippen LogP contribution is -2.38. The van der Waals surface area contributed by atoms with Crippen LogP contribution < -0.4 is 10.5 Å². The second-order valence-electron chi connectivity index (χ2n) is 7.88. The topological polar surface area (TPSA) is 66.1 Å². The zero-order chi connectivity index (χ0) is 22.8. The van der Waals surface area contributed by atoms with Gasteiger partial charge in [-0.05, 0) is 54.8 Å². The predicted octanol–water partition coefficient (Wildman–Crippen LogP) is 4.17. The van der Waals surface area contributed by atoms with Crippen molar-refractivity contribution in [2.75, 3.05) is 18.0 Å². The van der Waals surface area contributed by atoms with Gasteiger partial charge >= 0.3 is 0 Å². The van der Waals surface area contributed by atoms with Gasteiger partial charge in [0.25, 0.3) is 5.56 Å². The number of fused-ring (bicyclic) bond motifs is 1. The summed E-state index contributed by atoms with van der Waals surface area (Å²) in [5.74, 6) is -1.04. The van der Waals surface area contributed by atoms with Gasteiger partial charge in [-0.2, -0.15) is 5.26 Å². The fraction of sp³-hybridized carbons (Fsp3) is 0.240. The molecule has 0 bridgehead atoms. The Morgan fingerprint density at radius 1 is 1.12 bits per heavy atom. The molecule has 32 heavy (non-hydrogen) atoms. The molecule has 0 unspecified atom stereocenters. The van der Waals surface area contributed by atoms with Crippen LogP contribution in [0, 0.1) is 28.9 Å². The SMILES string of the molecule is C=CC(=O)C1CCN(c2c(C#N)c(=O)n(Cc3ccc(F)cc3)c3cc(F)ccc23)CC1. The third-order valence-electron chi connectivity index (χ3n) is 5.98. The standard InChI is InChI=1S/C25H21F2N3O2/c1-2-23(31)17-9-11-29(12-10-17)24-20-8-7-19(27)13-22(20)30(25(32)21(24)14-28)15-16-3-5-18(26)6-4-16/h2-8,13,17H,1,9-12,15H2. The van der Waals surface area contributed by atoms with Crippen LogP contribution >= 0.6 is 0 Å². The van der Waals surface area contributed by atoms with Crippen molar-refractivity contribution in [1.29, 1.82) is 5.26 Å². The van der Waals surface area contributed by atoms with Gasteiger partial charge in [-0.3, -0.25) is 9.59 Å². The van der Waals surface area contributed by atoms with Gasteiger partial charge in [-0.15, -0.1) is 0 Å². The first-order valence-corrected chi connectivity index (χ1v) is 10.3. The van der Waals surface area contributed by atoms with Gasteiger partial charge in [0.05, 0.1) is 17.7 Å². The Bertz CT molecular complexity index is 1300. The molecule has 0 amide bonds. The summed E-state index contributed by atoms with van der Waals surface area (Å²) in [5, 5.41) is 10.4. The number of piperidine rings is 1. The van der Waals surface area contributed by atoms with Gasteiger partial charge in [0.15, 0.2) is 5.78 Å². The largest absolute Gasteiger partial charge is 0.370 e. The third-order valence-corrected chi connectivity index (χ3v) is 5.98. The number of hydrogen-bond acceptors (Lipinski definition) is 4. The van der Waals surface area contributed by atoms with Crippen molar-refractivity contribution in [3.05, 3.63) is 88.2 Å². The Morgan fingerprint density at radius 2 is 1.78 bits per heavy atom. The number of pyridine rings is 1. The number of carbonyl (C=O) groups is 1. The van der Waals surface area contributed by atoms with Gasteiger partial charge in [0.1, 0.15) is 23.3 Å². The summed E-state index contributed by atoms with van der Waals surface area (Å²) < 4.78 is 28.8. The highest BCUT2D eigenvalue weighted by Gasteiger charge is 2.28. The van der Waals surface area contributed by atoms with E-state index in [1.165, 1.54) is 34.9 Å². The average molecular weight is 433 g/mol. The van der Waals surface area contributed by atoms with Crippen molar-refractivity contribution in [3.8, 4) is 6.07 Å². The van der Waals surface area contributed by atoms with Gasteiger partial charge < -0.3 is 9.47 Å². The molecular weight excluding hydrogens is 412 g/mol. The summed E-state index contributed by atoms with van der Waals surface area (Å²) in [6.45, 7) is 4.60. The number of carbonyl (C=O) groups excluding carboxylic acids is 1. The van der Waals surface area contributed by atoms with Crippen LogP contribution in [-0.4, -0.2) is 23.4 Å². The maximum atomic E-state index is 14.2. The summed E-state index contributed by atoms with van der Waals surface area (Å²) in [4.78, 5) is 27.2. The molecule has 2 aromatic carbocycles.